The summed E-state index contributed by atoms with van der Waals surface area (Å²) in [6.45, 7) is 0. The van der Waals surface area contributed by atoms with Crippen LogP contribution in [0, 0.1) is 0 Å². The molecule has 5 rings (SSSR count). The molecule has 2 nitrogen and oxygen atoms in total. The summed E-state index contributed by atoms with van der Waals surface area (Å²) in [5.41, 5.74) is 6.87. The fraction of sp³-hybridized carbons (Fsp3) is 0.0400. The largest absolute Gasteiger partial charge is 0.508 e. The molecule has 1 N–H and O–H groups in total. The monoisotopic (exact) mass is 476 g/mol. The number of fused-ring (bicyclic) bond motifs is 3. The van der Waals surface area contributed by atoms with E-state index in [1.165, 1.54) is 27.8 Å². The lowest BCUT2D eigenvalue weighted by molar-refractivity contribution is 0.475. The minimum absolute atomic E-state index is 0.270. The van der Waals surface area contributed by atoms with Crippen molar-refractivity contribution in [1.29, 1.82) is 0 Å². The first-order chi connectivity index (χ1) is 13.7. The average molecular weight is 476 g/mol. The third-order valence-corrected chi connectivity index (χ3v) is 6.14. The molecule has 0 atom stereocenters. The molecule has 136 valence electrons. The summed E-state index contributed by atoms with van der Waals surface area (Å²) in [5, 5.41) is 9.90. The Morgan fingerprint density at radius 3 is 1.57 bits per heavy atom. The van der Waals surface area contributed by atoms with Crippen molar-refractivity contribution >= 4 is 23.0 Å². The van der Waals surface area contributed by atoms with Crippen LogP contribution in [-0.2, 0) is 5.41 Å². The Morgan fingerprint density at radius 2 is 1.07 bits per heavy atom. The van der Waals surface area contributed by atoms with Crippen LogP contribution in [0.15, 0.2) is 97.1 Å². The summed E-state index contributed by atoms with van der Waals surface area (Å²) >= 11 is 1.90. The zero-order chi connectivity index (χ0) is 19.1. The first-order valence-corrected chi connectivity index (χ1v) is 10.0. The van der Waals surface area contributed by atoms with Crippen LogP contribution in [-0.4, -0.2) is 5.11 Å². The average Bonchev–Trinajstić information content (AvgIpc) is 3.06. The molecule has 0 unspecified atom stereocenters. The molecule has 4 aromatic carbocycles. The van der Waals surface area contributed by atoms with Crippen molar-refractivity contribution in [2.45, 2.75) is 5.41 Å². The van der Waals surface area contributed by atoms with Gasteiger partial charge in [-0.05, 0) is 57.6 Å². The predicted molar refractivity (Wildman–Crippen MR) is 120 cm³/mol. The van der Waals surface area contributed by atoms with Crippen molar-refractivity contribution in [3.63, 3.8) is 0 Å². The molecule has 0 saturated heterocycles. The van der Waals surface area contributed by atoms with Gasteiger partial charge in [0, 0.05) is 0 Å². The molecule has 0 saturated carbocycles. The van der Waals surface area contributed by atoms with Crippen molar-refractivity contribution in [3.8, 4) is 22.6 Å². The number of phenols is 1. The summed E-state index contributed by atoms with van der Waals surface area (Å²) in [4.78, 5) is 0. The second-order valence-corrected chi connectivity index (χ2v) is 7.43. The van der Waals surface area contributed by atoms with Crippen molar-refractivity contribution in [2.24, 2.45) is 0 Å². The molecule has 0 radical (unpaired) electrons. The summed E-state index contributed by atoms with van der Waals surface area (Å²) < 4.78 is 5.36. The number of phenolic OH excluding ortho intramolecular Hbond substituents is 1. The van der Waals surface area contributed by atoms with Crippen LogP contribution in [0.2, 0.25) is 0 Å². The first-order valence-electron chi connectivity index (χ1n) is 9.13. The Hall–Kier alpha value is -2.79. The zero-order valence-corrected chi connectivity index (χ0v) is 17.1. The lowest BCUT2D eigenvalue weighted by Crippen LogP contribution is -2.28. The van der Waals surface area contributed by atoms with Crippen LogP contribution in [0.1, 0.15) is 22.3 Å². The van der Waals surface area contributed by atoms with Crippen LogP contribution >= 0.6 is 23.0 Å². The van der Waals surface area contributed by atoms with E-state index in [1.54, 1.807) is 12.1 Å². The smallest absolute Gasteiger partial charge is 0.192 e. The molecule has 0 fully saturated rings. The summed E-state index contributed by atoms with van der Waals surface area (Å²) in [5.74, 6) is 1.09. The summed E-state index contributed by atoms with van der Waals surface area (Å²) in [7, 11) is 0. The molecular formula is C25H17IO2. The van der Waals surface area contributed by atoms with Gasteiger partial charge in [0.2, 0.25) is 0 Å². The second kappa shape index (κ2) is 6.67. The molecule has 4 aromatic rings. The molecule has 0 spiro atoms. The SMILES string of the molecule is Oc1ccc(C2(c3ccc(OI)cc3)c3ccccc3-c3ccccc32)cc1. The van der Waals surface area contributed by atoms with Gasteiger partial charge in [0.05, 0.1) is 5.41 Å². The molecule has 1 aliphatic carbocycles. The van der Waals surface area contributed by atoms with Gasteiger partial charge in [-0.2, -0.15) is 0 Å². The number of aromatic hydroxyl groups is 1. The third kappa shape index (κ3) is 2.39. The quantitative estimate of drug-likeness (QED) is 0.302. The molecule has 0 heterocycles. The highest BCUT2D eigenvalue weighted by atomic mass is 127. The van der Waals surface area contributed by atoms with Crippen molar-refractivity contribution in [2.75, 3.05) is 0 Å². The second-order valence-electron chi connectivity index (χ2n) is 6.99. The van der Waals surface area contributed by atoms with Crippen molar-refractivity contribution < 1.29 is 8.17 Å². The van der Waals surface area contributed by atoms with E-state index in [-0.39, 0.29) is 5.75 Å². The van der Waals surface area contributed by atoms with Gasteiger partial charge in [-0.25, -0.2) is 0 Å². The van der Waals surface area contributed by atoms with E-state index >= 15 is 0 Å². The van der Waals surface area contributed by atoms with Crippen LogP contribution in [0.4, 0.5) is 0 Å². The Morgan fingerprint density at radius 1 is 0.607 bits per heavy atom. The fourth-order valence-electron chi connectivity index (χ4n) is 4.49. The number of hydrogen-bond acceptors (Lipinski definition) is 2. The van der Waals surface area contributed by atoms with E-state index in [9.17, 15) is 5.11 Å². The van der Waals surface area contributed by atoms with Gasteiger partial charge in [-0.1, -0.05) is 72.8 Å². The zero-order valence-electron chi connectivity index (χ0n) is 15.0. The van der Waals surface area contributed by atoms with Gasteiger partial charge in [0.1, 0.15) is 11.5 Å². The summed E-state index contributed by atoms with van der Waals surface area (Å²) in [6, 6.07) is 33.1. The van der Waals surface area contributed by atoms with E-state index in [2.05, 4.69) is 60.7 Å². The number of rotatable bonds is 3. The van der Waals surface area contributed by atoms with E-state index in [1.807, 2.05) is 47.3 Å². The normalized spacial score (nSPS) is 13.6. The van der Waals surface area contributed by atoms with Crippen LogP contribution in [0.3, 0.4) is 0 Å². The van der Waals surface area contributed by atoms with E-state index in [4.69, 9.17) is 3.07 Å². The van der Waals surface area contributed by atoms with Gasteiger partial charge in [0.15, 0.2) is 23.0 Å². The van der Waals surface area contributed by atoms with E-state index < -0.39 is 5.41 Å². The lowest BCUT2D eigenvalue weighted by Gasteiger charge is -2.33. The highest BCUT2D eigenvalue weighted by molar-refractivity contribution is 14.1. The van der Waals surface area contributed by atoms with Gasteiger partial charge in [0.25, 0.3) is 0 Å². The minimum atomic E-state index is -0.440. The van der Waals surface area contributed by atoms with Crippen LogP contribution in [0.5, 0.6) is 11.5 Å². The minimum Gasteiger partial charge on any atom is -0.508 e. The fourth-order valence-corrected chi connectivity index (χ4v) is 4.79. The topological polar surface area (TPSA) is 29.5 Å². The highest BCUT2D eigenvalue weighted by Crippen LogP contribution is 2.56. The molecular weight excluding hydrogens is 459 g/mol. The van der Waals surface area contributed by atoms with Gasteiger partial charge >= 0.3 is 0 Å². The summed E-state index contributed by atoms with van der Waals surface area (Å²) in [6.07, 6.45) is 0. The standard InChI is InChI=1S/C25H17IO2/c26-28-20-15-11-18(12-16-20)25(17-9-13-19(27)14-10-17)23-7-3-1-5-21(23)22-6-2-4-8-24(22)25/h1-16,27H. The first kappa shape index (κ1) is 17.3. The molecule has 0 aliphatic heterocycles. The molecule has 0 aromatic heterocycles. The van der Waals surface area contributed by atoms with Gasteiger partial charge < -0.3 is 8.17 Å². The Labute approximate surface area is 178 Å². The van der Waals surface area contributed by atoms with Crippen LogP contribution in [0.25, 0.3) is 11.1 Å². The van der Waals surface area contributed by atoms with Gasteiger partial charge in [-0.3, -0.25) is 0 Å². The molecule has 1 aliphatic rings. The maximum atomic E-state index is 9.90. The molecule has 28 heavy (non-hydrogen) atoms. The van der Waals surface area contributed by atoms with E-state index in [0.29, 0.717) is 0 Å². The lowest BCUT2D eigenvalue weighted by atomic mass is 9.68. The van der Waals surface area contributed by atoms with Crippen molar-refractivity contribution in [3.05, 3.63) is 119 Å². The molecule has 3 heteroatoms. The van der Waals surface area contributed by atoms with Crippen LogP contribution < -0.4 is 3.07 Å². The maximum Gasteiger partial charge on any atom is 0.192 e. The van der Waals surface area contributed by atoms with E-state index in [0.717, 1.165) is 11.3 Å². The number of benzene rings is 4. The number of halogens is 1. The Bertz CT molecular complexity index is 1100. The number of hydrogen-bond donors (Lipinski definition) is 1. The maximum absolute atomic E-state index is 9.90. The highest BCUT2D eigenvalue weighted by Gasteiger charge is 2.45. The Kier molecular flexibility index (Phi) is 4.13. The molecule has 0 bridgehead atoms. The van der Waals surface area contributed by atoms with Crippen molar-refractivity contribution in [1.82, 2.24) is 0 Å². The third-order valence-electron chi connectivity index (χ3n) is 5.63. The Balaban J connectivity index is 1.91. The van der Waals surface area contributed by atoms with Gasteiger partial charge in [-0.15, -0.1) is 0 Å². The predicted octanol–water partition coefficient (Wildman–Crippen LogP) is 6.48. The molecule has 0 amide bonds.